The van der Waals surface area contributed by atoms with E-state index in [1.807, 2.05) is 0 Å². The van der Waals surface area contributed by atoms with Crippen molar-refractivity contribution in [2.45, 2.75) is 174 Å². The van der Waals surface area contributed by atoms with Crippen LogP contribution < -0.4 is 5.73 Å². The van der Waals surface area contributed by atoms with Crippen molar-refractivity contribution >= 4 is 5.91 Å². The van der Waals surface area contributed by atoms with Gasteiger partial charge in [-0.1, -0.05) is 167 Å². The van der Waals surface area contributed by atoms with E-state index in [1.165, 1.54) is 161 Å². The molecule has 0 spiro atoms. The average Bonchev–Trinajstić information content (AvgIpc) is 2.80. The molecule has 0 aliphatic rings. The molecule has 0 fully saturated rings. The number of ether oxygens (including phenoxy) is 1. The first-order valence-corrected chi connectivity index (χ1v) is 15.1. The normalized spacial score (nSPS) is 11.3. The second-order valence-corrected chi connectivity index (χ2v) is 10.4. The molecule has 0 aromatic heterocycles. The Labute approximate surface area is 208 Å². The quantitative estimate of drug-likeness (QED) is 0.111. The van der Waals surface area contributed by atoms with Crippen LogP contribution in [0.5, 0.6) is 0 Å². The lowest BCUT2D eigenvalue weighted by molar-refractivity contribution is -0.122. The molecule has 0 saturated carbocycles. The van der Waals surface area contributed by atoms with E-state index in [1.54, 1.807) is 0 Å². The first-order valence-electron chi connectivity index (χ1n) is 15.1. The van der Waals surface area contributed by atoms with Gasteiger partial charge in [-0.25, -0.2) is 0 Å². The number of carbonyl (C=O) groups is 1. The lowest BCUT2D eigenvalue weighted by atomic mass is 10.0. The van der Waals surface area contributed by atoms with E-state index in [2.05, 4.69) is 6.92 Å². The zero-order valence-corrected chi connectivity index (χ0v) is 22.7. The largest absolute Gasteiger partial charge is 0.372 e. The second-order valence-electron chi connectivity index (χ2n) is 10.4. The van der Waals surface area contributed by atoms with Gasteiger partial charge in [0.25, 0.3) is 0 Å². The van der Waals surface area contributed by atoms with E-state index >= 15 is 0 Å². The van der Waals surface area contributed by atoms with E-state index in [0.29, 0.717) is 6.61 Å². The maximum atomic E-state index is 10.5. The molecule has 0 rings (SSSR count). The van der Waals surface area contributed by atoms with E-state index in [9.17, 15) is 4.79 Å². The lowest BCUT2D eigenvalue weighted by Gasteiger charge is -2.04. The van der Waals surface area contributed by atoms with Gasteiger partial charge in [0.15, 0.2) is 0 Å². The molecule has 0 aliphatic carbocycles. The standard InChI is InChI=1S/C30H61NO2/c1-2-3-4-5-6-7-8-9-10-11-12-13-14-15-16-17-18-19-20-21-22-23-24-25-26-27-28-33-29-30(31)32/h2-29H2,1H3,(H2,31,32). The summed E-state index contributed by atoms with van der Waals surface area (Å²) in [5, 5.41) is 0. The number of rotatable bonds is 29. The highest BCUT2D eigenvalue weighted by atomic mass is 16.5. The van der Waals surface area contributed by atoms with Crippen molar-refractivity contribution in [3.8, 4) is 0 Å². The predicted molar refractivity (Wildman–Crippen MR) is 146 cm³/mol. The summed E-state index contributed by atoms with van der Waals surface area (Å²) in [6, 6.07) is 0. The van der Waals surface area contributed by atoms with Gasteiger partial charge in [-0.05, 0) is 6.42 Å². The van der Waals surface area contributed by atoms with Crippen molar-refractivity contribution in [3.63, 3.8) is 0 Å². The zero-order chi connectivity index (χ0) is 24.1. The summed E-state index contributed by atoms with van der Waals surface area (Å²) in [7, 11) is 0. The molecular weight excluding hydrogens is 406 g/mol. The molecule has 0 bridgehead atoms. The number of amides is 1. The smallest absolute Gasteiger partial charge is 0.243 e. The summed E-state index contributed by atoms with van der Waals surface area (Å²) in [5.74, 6) is -0.371. The zero-order valence-electron chi connectivity index (χ0n) is 22.7. The fourth-order valence-corrected chi connectivity index (χ4v) is 4.69. The van der Waals surface area contributed by atoms with Crippen LogP contribution in [0.1, 0.15) is 174 Å². The van der Waals surface area contributed by atoms with Gasteiger partial charge < -0.3 is 10.5 Å². The summed E-state index contributed by atoms with van der Waals surface area (Å²) in [6.45, 7) is 3.04. The van der Waals surface area contributed by atoms with Crippen LogP contribution in [0, 0.1) is 0 Å². The fraction of sp³-hybridized carbons (Fsp3) is 0.967. The van der Waals surface area contributed by atoms with Crippen LogP contribution in [0.3, 0.4) is 0 Å². The van der Waals surface area contributed by atoms with Crippen molar-refractivity contribution in [3.05, 3.63) is 0 Å². The van der Waals surface area contributed by atoms with Crippen molar-refractivity contribution in [2.75, 3.05) is 13.2 Å². The number of primary amides is 1. The van der Waals surface area contributed by atoms with Gasteiger partial charge in [0.05, 0.1) is 0 Å². The highest BCUT2D eigenvalue weighted by molar-refractivity contribution is 5.74. The summed E-state index contributed by atoms with van der Waals surface area (Å²) >= 11 is 0. The molecule has 3 nitrogen and oxygen atoms in total. The summed E-state index contributed by atoms with van der Waals surface area (Å²) in [6.07, 6.45) is 36.7. The second kappa shape index (κ2) is 29.5. The Balaban J connectivity index is 3.01. The third-order valence-electron chi connectivity index (χ3n) is 6.89. The van der Waals surface area contributed by atoms with Crippen LogP contribution in [0.15, 0.2) is 0 Å². The Hall–Kier alpha value is -0.570. The molecule has 2 N–H and O–H groups in total. The monoisotopic (exact) mass is 467 g/mol. The molecule has 0 aromatic rings. The van der Waals surface area contributed by atoms with Crippen LogP contribution in [-0.2, 0) is 9.53 Å². The van der Waals surface area contributed by atoms with Gasteiger partial charge in [-0.3, -0.25) is 4.79 Å². The molecule has 3 heteroatoms. The van der Waals surface area contributed by atoms with Crippen LogP contribution in [0.4, 0.5) is 0 Å². The van der Waals surface area contributed by atoms with Crippen LogP contribution >= 0.6 is 0 Å². The molecule has 0 radical (unpaired) electrons. The predicted octanol–water partition coefficient (Wildman–Crippen LogP) is 9.65. The highest BCUT2D eigenvalue weighted by Gasteiger charge is 1.97. The molecule has 1 amide bonds. The third kappa shape index (κ3) is 31.4. The Morgan fingerprint density at radius 1 is 0.455 bits per heavy atom. The highest BCUT2D eigenvalue weighted by Crippen LogP contribution is 2.15. The van der Waals surface area contributed by atoms with Gasteiger partial charge >= 0.3 is 0 Å². The van der Waals surface area contributed by atoms with Gasteiger partial charge in [-0.15, -0.1) is 0 Å². The van der Waals surface area contributed by atoms with E-state index in [4.69, 9.17) is 10.5 Å². The Bertz CT molecular complexity index is 372. The maximum absolute atomic E-state index is 10.5. The minimum absolute atomic E-state index is 0.0689. The molecule has 0 aliphatic heterocycles. The SMILES string of the molecule is CCCCCCCCCCCCCCCCCCCCCCCCCCCCOCC(N)=O. The first-order chi connectivity index (χ1) is 16.3. The fourth-order valence-electron chi connectivity index (χ4n) is 4.69. The minimum Gasteiger partial charge on any atom is -0.372 e. The number of hydrogen-bond donors (Lipinski definition) is 1. The molecular formula is C30H61NO2. The molecule has 0 atom stereocenters. The average molecular weight is 468 g/mol. The van der Waals surface area contributed by atoms with E-state index in [0.717, 1.165) is 6.42 Å². The molecule has 0 heterocycles. The third-order valence-corrected chi connectivity index (χ3v) is 6.89. The summed E-state index contributed by atoms with van der Waals surface area (Å²) in [4.78, 5) is 10.5. The van der Waals surface area contributed by atoms with Crippen LogP contribution in [-0.4, -0.2) is 19.1 Å². The van der Waals surface area contributed by atoms with Crippen molar-refractivity contribution in [1.82, 2.24) is 0 Å². The Morgan fingerprint density at radius 3 is 0.939 bits per heavy atom. The Kier molecular flexibility index (Phi) is 29.0. The number of unbranched alkanes of at least 4 members (excludes halogenated alkanes) is 25. The Morgan fingerprint density at radius 2 is 0.697 bits per heavy atom. The van der Waals surface area contributed by atoms with Gasteiger partial charge in [0.2, 0.25) is 5.91 Å². The minimum atomic E-state index is -0.371. The molecule has 0 aromatic carbocycles. The summed E-state index contributed by atoms with van der Waals surface area (Å²) in [5.41, 5.74) is 5.03. The van der Waals surface area contributed by atoms with Gasteiger partial charge in [-0.2, -0.15) is 0 Å². The lowest BCUT2D eigenvalue weighted by Crippen LogP contribution is -2.18. The number of carbonyl (C=O) groups excluding carboxylic acids is 1. The van der Waals surface area contributed by atoms with Crippen LogP contribution in [0.25, 0.3) is 0 Å². The first kappa shape index (κ1) is 32.4. The molecule has 0 saturated heterocycles. The molecule has 0 unspecified atom stereocenters. The summed E-state index contributed by atoms with van der Waals surface area (Å²) < 4.78 is 5.18. The van der Waals surface area contributed by atoms with Gasteiger partial charge in [0, 0.05) is 6.61 Å². The van der Waals surface area contributed by atoms with Crippen molar-refractivity contribution in [2.24, 2.45) is 5.73 Å². The maximum Gasteiger partial charge on any atom is 0.243 e. The van der Waals surface area contributed by atoms with Gasteiger partial charge in [0.1, 0.15) is 6.61 Å². The molecule has 198 valence electrons. The van der Waals surface area contributed by atoms with E-state index in [-0.39, 0.29) is 12.5 Å². The topological polar surface area (TPSA) is 52.3 Å². The molecule has 33 heavy (non-hydrogen) atoms. The van der Waals surface area contributed by atoms with Crippen LogP contribution in [0.2, 0.25) is 0 Å². The van der Waals surface area contributed by atoms with E-state index < -0.39 is 0 Å². The van der Waals surface area contributed by atoms with Crippen molar-refractivity contribution in [1.29, 1.82) is 0 Å². The number of nitrogens with two attached hydrogens (primary N) is 1. The number of hydrogen-bond acceptors (Lipinski definition) is 2. The van der Waals surface area contributed by atoms with Crippen molar-refractivity contribution < 1.29 is 9.53 Å².